The van der Waals surface area contributed by atoms with E-state index in [0.29, 0.717) is 5.69 Å². The molecule has 0 aliphatic carbocycles. The SMILES string of the molecule is CCC(N)c1cccc(-n2ccc(C(F)(F)F)n2)c1. The second-order valence-corrected chi connectivity index (χ2v) is 4.25. The summed E-state index contributed by atoms with van der Waals surface area (Å²) in [6, 6.07) is 7.88. The third-order valence-corrected chi connectivity index (χ3v) is 2.88. The minimum Gasteiger partial charge on any atom is -0.324 e. The van der Waals surface area contributed by atoms with Gasteiger partial charge in [0.05, 0.1) is 5.69 Å². The number of rotatable bonds is 3. The average Bonchev–Trinajstić information content (AvgIpc) is 2.87. The Kier molecular flexibility index (Phi) is 3.61. The fraction of sp³-hybridized carbons (Fsp3) is 0.308. The van der Waals surface area contributed by atoms with E-state index >= 15 is 0 Å². The number of nitrogens with zero attached hydrogens (tertiary/aromatic N) is 2. The van der Waals surface area contributed by atoms with E-state index in [4.69, 9.17) is 5.73 Å². The third kappa shape index (κ3) is 2.96. The normalized spacial score (nSPS) is 13.5. The van der Waals surface area contributed by atoms with E-state index < -0.39 is 11.9 Å². The number of aromatic nitrogens is 2. The van der Waals surface area contributed by atoms with Gasteiger partial charge in [0.1, 0.15) is 0 Å². The summed E-state index contributed by atoms with van der Waals surface area (Å²) in [6.45, 7) is 1.95. The highest BCUT2D eigenvalue weighted by Crippen LogP contribution is 2.28. The Morgan fingerprint density at radius 1 is 1.32 bits per heavy atom. The van der Waals surface area contributed by atoms with Gasteiger partial charge in [-0.3, -0.25) is 0 Å². The molecule has 19 heavy (non-hydrogen) atoms. The summed E-state index contributed by atoms with van der Waals surface area (Å²) in [5.74, 6) is 0. The van der Waals surface area contributed by atoms with Gasteiger partial charge in [-0.15, -0.1) is 0 Å². The molecule has 2 rings (SSSR count). The lowest BCUT2D eigenvalue weighted by atomic mass is 10.1. The molecule has 102 valence electrons. The standard InChI is InChI=1S/C13H14F3N3/c1-2-11(17)9-4-3-5-10(8-9)19-7-6-12(18-19)13(14,15)16/h3-8,11H,2,17H2,1H3. The summed E-state index contributed by atoms with van der Waals surface area (Å²) < 4.78 is 38.7. The molecular weight excluding hydrogens is 255 g/mol. The number of alkyl halides is 3. The number of hydrogen-bond donors (Lipinski definition) is 1. The van der Waals surface area contributed by atoms with E-state index in [9.17, 15) is 13.2 Å². The Hall–Kier alpha value is -1.82. The van der Waals surface area contributed by atoms with Crippen LogP contribution in [0.15, 0.2) is 36.5 Å². The van der Waals surface area contributed by atoms with Crippen molar-refractivity contribution in [3.8, 4) is 5.69 Å². The van der Waals surface area contributed by atoms with Crippen LogP contribution in [0, 0.1) is 0 Å². The lowest BCUT2D eigenvalue weighted by Gasteiger charge is -2.11. The van der Waals surface area contributed by atoms with Crippen molar-refractivity contribution in [2.24, 2.45) is 5.73 Å². The number of benzene rings is 1. The van der Waals surface area contributed by atoms with Crippen LogP contribution in [0.3, 0.4) is 0 Å². The van der Waals surface area contributed by atoms with E-state index in [2.05, 4.69) is 5.10 Å². The minimum atomic E-state index is -4.43. The van der Waals surface area contributed by atoms with E-state index in [0.717, 1.165) is 18.1 Å². The fourth-order valence-corrected chi connectivity index (χ4v) is 1.75. The summed E-state index contributed by atoms with van der Waals surface area (Å²) in [4.78, 5) is 0. The molecule has 0 saturated heterocycles. The van der Waals surface area contributed by atoms with Gasteiger partial charge in [0.15, 0.2) is 5.69 Å². The Labute approximate surface area is 108 Å². The smallest absolute Gasteiger partial charge is 0.324 e. The molecule has 0 spiro atoms. The van der Waals surface area contributed by atoms with E-state index in [1.54, 1.807) is 18.2 Å². The predicted molar refractivity (Wildman–Crippen MR) is 65.8 cm³/mol. The largest absolute Gasteiger partial charge is 0.435 e. The lowest BCUT2D eigenvalue weighted by molar-refractivity contribution is -0.141. The Morgan fingerprint density at radius 3 is 2.63 bits per heavy atom. The summed E-state index contributed by atoms with van der Waals surface area (Å²) in [5, 5.41) is 3.53. The van der Waals surface area contributed by atoms with E-state index in [1.807, 2.05) is 13.0 Å². The van der Waals surface area contributed by atoms with Gasteiger partial charge < -0.3 is 5.73 Å². The van der Waals surface area contributed by atoms with Gasteiger partial charge in [-0.05, 0) is 30.2 Å². The minimum absolute atomic E-state index is 0.127. The molecule has 1 atom stereocenters. The third-order valence-electron chi connectivity index (χ3n) is 2.88. The molecule has 2 N–H and O–H groups in total. The molecule has 1 aromatic carbocycles. The maximum absolute atomic E-state index is 12.5. The molecule has 0 saturated carbocycles. The molecule has 1 aromatic heterocycles. The number of hydrogen-bond acceptors (Lipinski definition) is 2. The Bertz CT molecular complexity index is 560. The van der Waals surface area contributed by atoms with Crippen LogP contribution in [0.5, 0.6) is 0 Å². The zero-order chi connectivity index (χ0) is 14.0. The van der Waals surface area contributed by atoms with Crippen molar-refractivity contribution in [2.75, 3.05) is 0 Å². The number of nitrogens with two attached hydrogens (primary N) is 1. The van der Waals surface area contributed by atoms with Crippen LogP contribution in [0.25, 0.3) is 5.69 Å². The summed E-state index contributed by atoms with van der Waals surface area (Å²) in [6.07, 6.45) is -2.38. The van der Waals surface area contributed by atoms with Crippen LogP contribution in [-0.4, -0.2) is 9.78 Å². The molecule has 0 bridgehead atoms. The first-order chi connectivity index (χ1) is 8.91. The van der Waals surface area contributed by atoms with Gasteiger partial charge in [0.2, 0.25) is 0 Å². The van der Waals surface area contributed by atoms with Crippen LogP contribution in [-0.2, 0) is 6.18 Å². The van der Waals surface area contributed by atoms with Gasteiger partial charge in [0.25, 0.3) is 0 Å². The van der Waals surface area contributed by atoms with Crippen molar-refractivity contribution >= 4 is 0 Å². The Balaban J connectivity index is 2.34. The first-order valence-corrected chi connectivity index (χ1v) is 5.90. The molecule has 0 aliphatic heterocycles. The van der Waals surface area contributed by atoms with Gasteiger partial charge in [0, 0.05) is 12.2 Å². The van der Waals surface area contributed by atoms with Crippen LogP contribution >= 0.6 is 0 Å². The zero-order valence-electron chi connectivity index (χ0n) is 10.4. The van der Waals surface area contributed by atoms with Crippen LogP contribution in [0.4, 0.5) is 13.2 Å². The van der Waals surface area contributed by atoms with Gasteiger partial charge in [-0.1, -0.05) is 19.1 Å². The van der Waals surface area contributed by atoms with E-state index in [-0.39, 0.29) is 6.04 Å². The van der Waals surface area contributed by atoms with Crippen molar-refractivity contribution in [1.82, 2.24) is 9.78 Å². The highest BCUT2D eigenvalue weighted by Gasteiger charge is 2.33. The fourth-order valence-electron chi connectivity index (χ4n) is 1.75. The molecule has 0 aliphatic rings. The maximum Gasteiger partial charge on any atom is 0.435 e. The summed E-state index contributed by atoms with van der Waals surface area (Å²) in [7, 11) is 0. The predicted octanol–water partition coefficient (Wildman–Crippen LogP) is 3.30. The molecule has 6 heteroatoms. The van der Waals surface area contributed by atoms with Gasteiger partial charge in [-0.2, -0.15) is 18.3 Å². The highest BCUT2D eigenvalue weighted by molar-refractivity contribution is 5.36. The topological polar surface area (TPSA) is 43.8 Å². The molecule has 2 aromatic rings. The molecule has 1 unspecified atom stereocenters. The lowest BCUT2D eigenvalue weighted by Crippen LogP contribution is -2.10. The van der Waals surface area contributed by atoms with E-state index in [1.165, 1.54) is 10.9 Å². The molecular formula is C13H14F3N3. The van der Waals surface area contributed by atoms with Gasteiger partial charge in [-0.25, -0.2) is 4.68 Å². The highest BCUT2D eigenvalue weighted by atomic mass is 19.4. The van der Waals surface area contributed by atoms with Crippen LogP contribution < -0.4 is 5.73 Å². The van der Waals surface area contributed by atoms with Crippen molar-refractivity contribution in [1.29, 1.82) is 0 Å². The first kappa shape index (κ1) is 13.6. The molecule has 0 radical (unpaired) electrons. The maximum atomic E-state index is 12.5. The van der Waals surface area contributed by atoms with Crippen molar-refractivity contribution in [3.05, 3.63) is 47.8 Å². The summed E-state index contributed by atoms with van der Waals surface area (Å²) in [5.41, 5.74) is 6.45. The molecule has 3 nitrogen and oxygen atoms in total. The van der Waals surface area contributed by atoms with Crippen LogP contribution in [0.1, 0.15) is 30.6 Å². The zero-order valence-corrected chi connectivity index (χ0v) is 10.4. The van der Waals surface area contributed by atoms with Crippen molar-refractivity contribution < 1.29 is 13.2 Å². The second kappa shape index (κ2) is 5.05. The Morgan fingerprint density at radius 2 is 2.05 bits per heavy atom. The molecule has 1 heterocycles. The number of halogens is 3. The molecule has 0 fully saturated rings. The monoisotopic (exact) mass is 269 g/mol. The quantitative estimate of drug-likeness (QED) is 0.929. The van der Waals surface area contributed by atoms with Gasteiger partial charge >= 0.3 is 6.18 Å². The summed E-state index contributed by atoms with van der Waals surface area (Å²) >= 11 is 0. The van der Waals surface area contributed by atoms with Crippen molar-refractivity contribution in [2.45, 2.75) is 25.6 Å². The van der Waals surface area contributed by atoms with Crippen molar-refractivity contribution in [3.63, 3.8) is 0 Å². The molecule has 0 amide bonds. The first-order valence-electron chi connectivity index (χ1n) is 5.90. The van der Waals surface area contributed by atoms with Crippen LogP contribution in [0.2, 0.25) is 0 Å². The second-order valence-electron chi connectivity index (χ2n) is 4.25. The average molecular weight is 269 g/mol.